The van der Waals surface area contributed by atoms with Gasteiger partial charge in [0.1, 0.15) is 11.3 Å². The molecule has 3 N–H and O–H groups in total. The first-order valence-electron chi connectivity index (χ1n) is 7.77. The largest absolute Gasteiger partial charge is 0.449 e. The van der Waals surface area contributed by atoms with E-state index in [1.54, 1.807) is 18.2 Å². The zero-order valence-electron chi connectivity index (χ0n) is 13.3. The normalized spacial score (nSPS) is 10.7. The summed E-state index contributed by atoms with van der Waals surface area (Å²) in [6, 6.07) is 15.0. The fourth-order valence-electron chi connectivity index (χ4n) is 2.60. The number of rotatable bonds is 5. The van der Waals surface area contributed by atoms with Gasteiger partial charge in [-0.2, -0.15) is 0 Å². The number of hydrogen-bond donors (Lipinski definition) is 2. The lowest BCUT2D eigenvalue weighted by Gasteiger charge is -2.06. The summed E-state index contributed by atoms with van der Waals surface area (Å²) in [5.41, 5.74) is 8.31. The topological polar surface area (TPSA) is 85.3 Å². The second-order valence-corrected chi connectivity index (χ2v) is 5.56. The molecule has 1 aromatic heterocycles. The first kappa shape index (κ1) is 15.8. The molecule has 0 fully saturated rings. The molecule has 0 aliphatic rings. The Morgan fingerprint density at radius 1 is 1.04 bits per heavy atom. The molecule has 3 rings (SSSR count). The van der Waals surface area contributed by atoms with Crippen molar-refractivity contribution >= 4 is 28.5 Å². The number of carbonyl (C=O) groups excluding carboxylic acids is 2. The highest BCUT2D eigenvalue weighted by Gasteiger charge is 2.20. The van der Waals surface area contributed by atoms with Gasteiger partial charge in [0.05, 0.1) is 6.42 Å². The fourth-order valence-corrected chi connectivity index (χ4v) is 2.60. The standard InChI is InChI=1S/C19H18N2O3/c1-2-12-7-9-13(10-8-12)11-16(22)21-17-14-5-3-4-6-15(14)24-18(17)19(20)23/h3-10H,2,11H2,1H3,(H2,20,23)(H,21,22). The first-order chi connectivity index (χ1) is 11.6. The summed E-state index contributed by atoms with van der Waals surface area (Å²) < 4.78 is 5.45. The number of furan rings is 1. The van der Waals surface area contributed by atoms with Crippen molar-refractivity contribution in [2.45, 2.75) is 19.8 Å². The molecule has 0 aliphatic carbocycles. The maximum Gasteiger partial charge on any atom is 0.286 e. The van der Waals surface area contributed by atoms with Crippen LogP contribution in [0.15, 0.2) is 52.9 Å². The van der Waals surface area contributed by atoms with Crippen LogP contribution in [0.5, 0.6) is 0 Å². The highest BCUT2D eigenvalue weighted by Crippen LogP contribution is 2.30. The Morgan fingerprint density at radius 2 is 1.71 bits per heavy atom. The lowest BCUT2D eigenvalue weighted by molar-refractivity contribution is -0.115. The minimum absolute atomic E-state index is 0.0362. The molecular formula is C19H18N2O3. The van der Waals surface area contributed by atoms with Gasteiger partial charge >= 0.3 is 0 Å². The summed E-state index contributed by atoms with van der Waals surface area (Å²) in [6.07, 6.45) is 1.16. The number of primary amides is 1. The summed E-state index contributed by atoms with van der Waals surface area (Å²) in [4.78, 5) is 23.9. The monoisotopic (exact) mass is 322 g/mol. The minimum Gasteiger partial charge on any atom is -0.449 e. The SMILES string of the molecule is CCc1ccc(CC(=O)Nc2c(C(N)=O)oc3ccccc23)cc1. The van der Waals surface area contributed by atoms with Gasteiger partial charge in [-0.1, -0.05) is 43.3 Å². The van der Waals surface area contributed by atoms with Gasteiger partial charge in [-0.25, -0.2) is 0 Å². The summed E-state index contributed by atoms with van der Waals surface area (Å²) in [5, 5.41) is 3.41. The maximum atomic E-state index is 12.3. The molecule has 0 bridgehead atoms. The van der Waals surface area contributed by atoms with Gasteiger partial charge in [0.15, 0.2) is 0 Å². The molecule has 3 aromatic rings. The van der Waals surface area contributed by atoms with E-state index in [1.165, 1.54) is 5.56 Å². The second-order valence-electron chi connectivity index (χ2n) is 5.56. The average Bonchev–Trinajstić information content (AvgIpc) is 2.94. The van der Waals surface area contributed by atoms with Crippen LogP contribution in [0.2, 0.25) is 0 Å². The molecular weight excluding hydrogens is 304 g/mol. The Hall–Kier alpha value is -3.08. The minimum atomic E-state index is -0.714. The van der Waals surface area contributed by atoms with E-state index in [4.69, 9.17) is 10.2 Å². The number of amides is 2. The van der Waals surface area contributed by atoms with Crippen LogP contribution >= 0.6 is 0 Å². The highest BCUT2D eigenvalue weighted by molar-refractivity contribution is 6.10. The predicted molar refractivity (Wildman–Crippen MR) is 92.9 cm³/mol. The van der Waals surface area contributed by atoms with Crippen LogP contribution in [-0.4, -0.2) is 11.8 Å². The van der Waals surface area contributed by atoms with E-state index in [-0.39, 0.29) is 18.1 Å². The number of benzene rings is 2. The molecule has 5 nitrogen and oxygen atoms in total. The van der Waals surface area contributed by atoms with Crippen LogP contribution in [0, 0.1) is 0 Å². The van der Waals surface area contributed by atoms with Crippen LogP contribution in [0.25, 0.3) is 11.0 Å². The van der Waals surface area contributed by atoms with E-state index < -0.39 is 5.91 Å². The van der Waals surface area contributed by atoms with Crippen molar-refractivity contribution in [3.63, 3.8) is 0 Å². The van der Waals surface area contributed by atoms with Crippen molar-refractivity contribution in [1.29, 1.82) is 0 Å². The number of hydrogen-bond acceptors (Lipinski definition) is 3. The quantitative estimate of drug-likeness (QED) is 0.756. The van der Waals surface area contributed by atoms with E-state index >= 15 is 0 Å². The molecule has 0 saturated carbocycles. The van der Waals surface area contributed by atoms with Crippen molar-refractivity contribution in [2.75, 3.05) is 5.32 Å². The third kappa shape index (κ3) is 3.15. The fraction of sp³-hybridized carbons (Fsp3) is 0.158. The maximum absolute atomic E-state index is 12.3. The van der Waals surface area contributed by atoms with Gasteiger partial charge in [-0.05, 0) is 29.7 Å². The number of nitrogens with two attached hydrogens (primary N) is 1. The molecule has 0 radical (unpaired) electrons. The molecule has 0 unspecified atom stereocenters. The van der Waals surface area contributed by atoms with Gasteiger partial charge in [0.2, 0.25) is 11.7 Å². The molecule has 0 spiro atoms. The smallest absolute Gasteiger partial charge is 0.286 e. The third-order valence-electron chi connectivity index (χ3n) is 3.88. The third-order valence-corrected chi connectivity index (χ3v) is 3.88. The van der Waals surface area contributed by atoms with Crippen LogP contribution < -0.4 is 11.1 Å². The van der Waals surface area contributed by atoms with Gasteiger partial charge in [0, 0.05) is 5.39 Å². The summed E-state index contributed by atoms with van der Waals surface area (Å²) in [5.74, 6) is -0.979. The van der Waals surface area contributed by atoms with E-state index in [9.17, 15) is 9.59 Å². The molecule has 24 heavy (non-hydrogen) atoms. The van der Waals surface area contributed by atoms with Gasteiger partial charge in [-0.15, -0.1) is 0 Å². The van der Waals surface area contributed by atoms with E-state index in [0.717, 1.165) is 12.0 Å². The Kier molecular flexibility index (Phi) is 4.33. The van der Waals surface area contributed by atoms with Gasteiger partial charge in [0.25, 0.3) is 5.91 Å². The van der Waals surface area contributed by atoms with E-state index in [0.29, 0.717) is 16.7 Å². The number of para-hydroxylation sites is 1. The second kappa shape index (κ2) is 6.58. The van der Waals surface area contributed by atoms with Crippen molar-refractivity contribution in [3.05, 3.63) is 65.4 Å². The Labute approximate surface area is 139 Å². The molecule has 2 amide bonds. The average molecular weight is 322 g/mol. The number of nitrogens with one attached hydrogen (secondary N) is 1. The molecule has 2 aromatic carbocycles. The van der Waals surface area contributed by atoms with Crippen molar-refractivity contribution < 1.29 is 14.0 Å². The van der Waals surface area contributed by atoms with Gasteiger partial charge < -0.3 is 15.5 Å². The molecule has 122 valence electrons. The number of anilines is 1. The van der Waals surface area contributed by atoms with Crippen LogP contribution in [0.3, 0.4) is 0 Å². The summed E-state index contributed by atoms with van der Waals surface area (Å²) in [6.45, 7) is 2.08. The lowest BCUT2D eigenvalue weighted by Crippen LogP contribution is -2.18. The molecule has 5 heteroatoms. The Morgan fingerprint density at radius 3 is 2.38 bits per heavy atom. The van der Waals surface area contributed by atoms with Crippen molar-refractivity contribution in [2.24, 2.45) is 5.73 Å². The van der Waals surface area contributed by atoms with E-state index in [2.05, 4.69) is 12.2 Å². The predicted octanol–water partition coefficient (Wildman–Crippen LogP) is 3.28. The van der Waals surface area contributed by atoms with Crippen molar-refractivity contribution in [1.82, 2.24) is 0 Å². The van der Waals surface area contributed by atoms with Crippen LogP contribution in [0.1, 0.15) is 28.6 Å². The zero-order valence-corrected chi connectivity index (χ0v) is 13.3. The Balaban J connectivity index is 1.84. The Bertz CT molecular complexity index is 895. The molecule has 0 aliphatic heterocycles. The number of fused-ring (bicyclic) bond motifs is 1. The molecule has 1 heterocycles. The molecule has 0 saturated heterocycles. The van der Waals surface area contributed by atoms with Crippen LogP contribution in [0.4, 0.5) is 5.69 Å². The van der Waals surface area contributed by atoms with Gasteiger partial charge in [-0.3, -0.25) is 9.59 Å². The number of carbonyl (C=O) groups is 2. The lowest BCUT2D eigenvalue weighted by atomic mass is 10.1. The number of aryl methyl sites for hydroxylation is 1. The van der Waals surface area contributed by atoms with Crippen molar-refractivity contribution in [3.8, 4) is 0 Å². The van der Waals surface area contributed by atoms with Crippen LogP contribution in [-0.2, 0) is 17.6 Å². The first-order valence-corrected chi connectivity index (χ1v) is 7.77. The summed E-state index contributed by atoms with van der Waals surface area (Å²) >= 11 is 0. The summed E-state index contributed by atoms with van der Waals surface area (Å²) in [7, 11) is 0. The zero-order chi connectivity index (χ0) is 17.1. The van der Waals surface area contributed by atoms with E-state index in [1.807, 2.05) is 30.3 Å². The molecule has 0 atom stereocenters. The highest BCUT2D eigenvalue weighted by atomic mass is 16.3.